The highest BCUT2D eigenvalue weighted by Crippen LogP contribution is 2.21. The standard InChI is InChI=1S/C12H15FN4/c1-8-11(14)12(17(2)16-8)15-7-9-4-3-5-10(13)6-9/h3-6,15H,7,14H2,1-2H3. The van der Waals surface area contributed by atoms with Crippen LogP contribution in [0, 0.1) is 12.7 Å². The van der Waals surface area contributed by atoms with Crippen LogP contribution in [0.15, 0.2) is 24.3 Å². The first-order valence-corrected chi connectivity index (χ1v) is 5.35. The summed E-state index contributed by atoms with van der Waals surface area (Å²) in [5, 5.41) is 7.35. The summed E-state index contributed by atoms with van der Waals surface area (Å²) in [6.45, 7) is 2.36. The zero-order valence-corrected chi connectivity index (χ0v) is 9.87. The molecule has 0 saturated carbocycles. The zero-order valence-electron chi connectivity index (χ0n) is 9.87. The minimum absolute atomic E-state index is 0.238. The average Bonchev–Trinajstić information content (AvgIpc) is 2.51. The van der Waals surface area contributed by atoms with Gasteiger partial charge in [-0.2, -0.15) is 5.10 Å². The fraction of sp³-hybridized carbons (Fsp3) is 0.250. The number of anilines is 2. The van der Waals surface area contributed by atoms with Crippen molar-refractivity contribution in [3.05, 3.63) is 41.3 Å². The largest absolute Gasteiger partial charge is 0.394 e. The van der Waals surface area contributed by atoms with Crippen molar-refractivity contribution < 1.29 is 4.39 Å². The maximum atomic E-state index is 13.0. The molecule has 17 heavy (non-hydrogen) atoms. The van der Waals surface area contributed by atoms with Gasteiger partial charge in [-0.1, -0.05) is 12.1 Å². The number of hydrogen-bond acceptors (Lipinski definition) is 3. The second kappa shape index (κ2) is 4.45. The van der Waals surface area contributed by atoms with Crippen LogP contribution in [0.1, 0.15) is 11.3 Å². The summed E-state index contributed by atoms with van der Waals surface area (Å²) in [5.41, 5.74) is 8.16. The van der Waals surface area contributed by atoms with Crippen LogP contribution in [0.5, 0.6) is 0 Å². The Morgan fingerprint density at radius 2 is 2.24 bits per heavy atom. The molecule has 2 aromatic rings. The molecule has 0 radical (unpaired) electrons. The highest BCUT2D eigenvalue weighted by Gasteiger charge is 2.09. The third-order valence-electron chi connectivity index (χ3n) is 2.62. The number of nitrogens with two attached hydrogens (primary N) is 1. The third kappa shape index (κ3) is 2.38. The van der Waals surface area contributed by atoms with Gasteiger partial charge in [0.15, 0.2) is 0 Å². The molecule has 0 unspecified atom stereocenters. The van der Waals surface area contributed by atoms with E-state index in [4.69, 9.17) is 5.73 Å². The maximum Gasteiger partial charge on any atom is 0.148 e. The average molecular weight is 234 g/mol. The molecule has 0 fully saturated rings. The van der Waals surface area contributed by atoms with E-state index < -0.39 is 0 Å². The summed E-state index contributed by atoms with van der Waals surface area (Å²) < 4.78 is 14.7. The molecule has 0 aliphatic rings. The topological polar surface area (TPSA) is 55.9 Å². The van der Waals surface area contributed by atoms with Crippen molar-refractivity contribution in [3.63, 3.8) is 0 Å². The fourth-order valence-electron chi connectivity index (χ4n) is 1.72. The van der Waals surface area contributed by atoms with Gasteiger partial charge >= 0.3 is 0 Å². The van der Waals surface area contributed by atoms with E-state index in [1.54, 1.807) is 10.7 Å². The molecule has 90 valence electrons. The fourth-order valence-corrected chi connectivity index (χ4v) is 1.72. The zero-order chi connectivity index (χ0) is 12.4. The number of nitrogen functional groups attached to an aromatic ring is 1. The van der Waals surface area contributed by atoms with Crippen molar-refractivity contribution >= 4 is 11.5 Å². The number of nitrogens with zero attached hydrogens (tertiary/aromatic N) is 2. The van der Waals surface area contributed by atoms with Gasteiger partial charge in [-0.25, -0.2) is 4.39 Å². The number of rotatable bonds is 3. The molecule has 0 aliphatic carbocycles. The molecule has 3 N–H and O–H groups in total. The Hall–Kier alpha value is -2.04. The lowest BCUT2D eigenvalue weighted by molar-refractivity contribution is 0.626. The maximum absolute atomic E-state index is 13.0. The first kappa shape index (κ1) is 11.4. The van der Waals surface area contributed by atoms with Gasteiger partial charge < -0.3 is 11.1 Å². The summed E-state index contributed by atoms with van der Waals surface area (Å²) in [4.78, 5) is 0. The van der Waals surface area contributed by atoms with E-state index in [1.807, 2.05) is 20.0 Å². The van der Waals surface area contributed by atoms with E-state index >= 15 is 0 Å². The van der Waals surface area contributed by atoms with Gasteiger partial charge in [0.2, 0.25) is 0 Å². The normalized spacial score (nSPS) is 10.5. The molecule has 0 aliphatic heterocycles. The number of aryl methyl sites for hydroxylation is 2. The molecule has 1 aromatic heterocycles. The van der Waals surface area contributed by atoms with E-state index in [0.29, 0.717) is 12.2 Å². The SMILES string of the molecule is Cc1nn(C)c(NCc2cccc(F)c2)c1N. The number of benzene rings is 1. The van der Waals surface area contributed by atoms with Crippen LogP contribution in [-0.4, -0.2) is 9.78 Å². The van der Waals surface area contributed by atoms with Crippen LogP contribution in [0.2, 0.25) is 0 Å². The predicted octanol–water partition coefficient (Wildman–Crippen LogP) is 2.06. The second-order valence-corrected chi connectivity index (χ2v) is 3.95. The molecule has 1 aromatic carbocycles. The molecule has 0 saturated heterocycles. The van der Waals surface area contributed by atoms with Crippen molar-refractivity contribution in [1.29, 1.82) is 0 Å². The first-order chi connectivity index (χ1) is 8.08. The lowest BCUT2D eigenvalue weighted by Gasteiger charge is -2.07. The lowest BCUT2D eigenvalue weighted by Crippen LogP contribution is -2.06. The molecule has 0 spiro atoms. The molecule has 4 nitrogen and oxygen atoms in total. The van der Waals surface area contributed by atoms with Crippen molar-refractivity contribution in [2.24, 2.45) is 7.05 Å². The van der Waals surface area contributed by atoms with E-state index in [1.165, 1.54) is 12.1 Å². The molecular formula is C12H15FN4. The quantitative estimate of drug-likeness (QED) is 0.854. The van der Waals surface area contributed by atoms with E-state index in [9.17, 15) is 4.39 Å². The van der Waals surface area contributed by atoms with Gasteiger partial charge in [-0.3, -0.25) is 4.68 Å². The Morgan fingerprint density at radius 1 is 1.47 bits per heavy atom. The molecule has 0 amide bonds. The molecule has 0 atom stereocenters. The molecular weight excluding hydrogens is 219 g/mol. The first-order valence-electron chi connectivity index (χ1n) is 5.35. The molecule has 0 bridgehead atoms. The van der Waals surface area contributed by atoms with E-state index in [-0.39, 0.29) is 5.82 Å². The Labute approximate surface area is 99.2 Å². The Morgan fingerprint density at radius 3 is 2.82 bits per heavy atom. The van der Waals surface area contributed by atoms with Crippen LogP contribution in [0.3, 0.4) is 0 Å². The van der Waals surface area contributed by atoms with Crippen LogP contribution in [-0.2, 0) is 13.6 Å². The number of aromatic nitrogens is 2. The van der Waals surface area contributed by atoms with Crippen LogP contribution in [0.4, 0.5) is 15.9 Å². The Kier molecular flexibility index (Phi) is 2.99. The highest BCUT2D eigenvalue weighted by atomic mass is 19.1. The van der Waals surface area contributed by atoms with Crippen molar-refractivity contribution in [1.82, 2.24) is 9.78 Å². The van der Waals surface area contributed by atoms with Gasteiger partial charge in [0.25, 0.3) is 0 Å². The second-order valence-electron chi connectivity index (χ2n) is 3.95. The highest BCUT2D eigenvalue weighted by molar-refractivity contribution is 5.64. The summed E-state index contributed by atoms with van der Waals surface area (Å²) in [6.07, 6.45) is 0. The molecule has 5 heteroatoms. The minimum Gasteiger partial charge on any atom is -0.394 e. The number of halogens is 1. The molecule has 1 heterocycles. The van der Waals surface area contributed by atoms with Crippen LogP contribution >= 0.6 is 0 Å². The van der Waals surface area contributed by atoms with Crippen LogP contribution in [0.25, 0.3) is 0 Å². The molecule has 2 rings (SSSR count). The summed E-state index contributed by atoms with van der Waals surface area (Å²) in [7, 11) is 1.82. The third-order valence-corrected chi connectivity index (χ3v) is 2.62. The summed E-state index contributed by atoms with van der Waals surface area (Å²) in [5.74, 6) is 0.519. The van der Waals surface area contributed by atoms with E-state index in [2.05, 4.69) is 10.4 Å². The van der Waals surface area contributed by atoms with Crippen molar-refractivity contribution in [2.45, 2.75) is 13.5 Å². The Bertz CT molecular complexity index is 533. The predicted molar refractivity (Wildman–Crippen MR) is 66.1 cm³/mol. The monoisotopic (exact) mass is 234 g/mol. The van der Waals surface area contributed by atoms with Gasteiger partial charge in [0.05, 0.1) is 11.4 Å². The Balaban J connectivity index is 2.12. The van der Waals surface area contributed by atoms with E-state index in [0.717, 1.165) is 17.1 Å². The smallest absolute Gasteiger partial charge is 0.148 e. The van der Waals surface area contributed by atoms with Gasteiger partial charge in [-0.15, -0.1) is 0 Å². The minimum atomic E-state index is -0.238. The number of nitrogens with one attached hydrogen (secondary N) is 1. The summed E-state index contributed by atoms with van der Waals surface area (Å²) in [6, 6.07) is 6.46. The lowest BCUT2D eigenvalue weighted by atomic mass is 10.2. The van der Waals surface area contributed by atoms with Gasteiger partial charge in [0, 0.05) is 13.6 Å². The van der Waals surface area contributed by atoms with Crippen molar-refractivity contribution in [2.75, 3.05) is 11.1 Å². The van der Waals surface area contributed by atoms with Gasteiger partial charge in [0.1, 0.15) is 11.6 Å². The summed E-state index contributed by atoms with van der Waals surface area (Å²) >= 11 is 0. The number of hydrogen-bond donors (Lipinski definition) is 2. The van der Waals surface area contributed by atoms with Crippen molar-refractivity contribution in [3.8, 4) is 0 Å². The van der Waals surface area contributed by atoms with Gasteiger partial charge in [-0.05, 0) is 24.6 Å². The van der Waals surface area contributed by atoms with Crippen LogP contribution < -0.4 is 11.1 Å².